The largest absolute Gasteiger partial charge is 0.353 e. The van der Waals surface area contributed by atoms with Crippen LogP contribution in [-0.2, 0) is 14.8 Å². The van der Waals surface area contributed by atoms with Gasteiger partial charge in [-0.05, 0) is 37.6 Å². The molecule has 0 saturated carbocycles. The van der Waals surface area contributed by atoms with Crippen LogP contribution in [0.1, 0.15) is 20.3 Å². The van der Waals surface area contributed by atoms with E-state index in [4.69, 9.17) is 0 Å². The Morgan fingerprint density at radius 3 is 2.33 bits per heavy atom. The topological polar surface area (TPSA) is 69.7 Å². The van der Waals surface area contributed by atoms with Crippen molar-refractivity contribution in [2.75, 3.05) is 32.7 Å². The van der Waals surface area contributed by atoms with Gasteiger partial charge in [-0.1, -0.05) is 6.92 Å². The SMILES string of the molecule is CCC(C)NC(=O)CN1CCN(S(=O)(=O)c2ccc(F)cc2)CC1. The van der Waals surface area contributed by atoms with Gasteiger partial charge < -0.3 is 5.32 Å². The van der Waals surface area contributed by atoms with Gasteiger partial charge in [0.05, 0.1) is 11.4 Å². The van der Waals surface area contributed by atoms with E-state index in [2.05, 4.69) is 5.32 Å². The summed E-state index contributed by atoms with van der Waals surface area (Å²) in [5.74, 6) is -0.509. The Balaban J connectivity index is 1.90. The van der Waals surface area contributed by atoms with Crippen LogP contribution in [0, 0.1) is 5.82 Å². The molecule has 1 aliphatic heterocycles. The minimum Gasteiger partial charge on any atom is -0.353 e. The van der Waals surface area contributed by atoms with Crippen molar-refractivity contribution in [3.63, 3.8) is 0 Å². The van der Waals surface area contributed by atoms with Crippen LogP contribution in [0.4, 0.5) is 4.39 Å². The molecule has 1 saturated heterocycles. The fourth-order valence-corrected chi connectivity index (χ4v) is 3.93. The van der Waals surface area contributed by atoms with Crippen LogP contribution in [0.5, 0.6) is 0 Å². The maximum atomic E-state index is 13.0. The van der Waals surface area contributed by atoms with Gasteiger partial charge in [-0.2, -0.15) is 4.31 Å². The van der Waals surface area contributed by atoms with Crippen molar-refractivity contribution in [2.45, 2.75) is 31.2 Å². The van der Waals surface area contributed by atoms with Gasteiger partial charge >= 0.3 is 0 Å². The molecular weight excluding hydrogens is 333 g/mol. The Morgan fingerprint density at radius 1 is 1.21 bits per heavy atom. The van der Waals surface area contributed by atoms with Crippen LogP contribution in [-0.4, -0.2) is 62.3 Å². The molecule has 0 aromatic heterocycles. The van der Waals surface area contributed by atoms with Crippen molar-refractivity contribution in [2.24, 2.45) is 0 Å². The Kier molecular flexibility index (Phi) is 6.31. The summed E-state index contributed by atoms with van der Waals surface area (Å²) in [6.45, 7) is 5.85. The predicted octanol–water partition coefficient (Wildman–Crippen LogP) is 1.05. The predicted molar refractivity (Wildman–Crippen MR) is 89.5 cm³/mol. The highest BCUT2D eigenvalue weighted by Crippen LogP contribution is 2.17. The lowest BCUT2D eigenvalue weighted by atomic mass is 10.2. The molecule has 0 aliphatic carbocycles. The number of hydrogen-bond donors (Lipinski definition) is 1. The molecule has 1 aromatic rings. The lowest BCUT2D eigenvalue weighted by Crippen LogP contribution is -2.51. The zero-order valence-corrected chi connectivity index (χ0v) is 14.9. The molecule has 134 valence electrons. The van der Waals surface area contributed by atoms with E-state index >= 15 is 0 Å². The van der Waals surface area contributed by atoms with Gasteiger partial charge in [-0.3, -0.25) is 9.69 Å². The summed E-state index contributed by atoms with van der Waals surface area (Å²) in [6.07, 6.45) is 0.870. The maximum Gasteiger partial charge on any atom is 0.243 e. The van der Waals surface area contributed by atoms with Crippen molar-refractivity contribution in [1.29, 1.82) is 0 Å². The average Bonchev–Trinajstić information content (AvgIpc) is 2.55. The second kappa shape index (κ2) is 8.04. The number of benzene rings is 1. The summed E-state index contributed by atoms with van der Waals surface area (Å²) in [5, 5.41) is 2.90. The van der Waals surface area contributed by atoms with Crippen LogP contribution in [0.3, 0.4) is 0 Å². The lowest BCUT2D eigenvalue weighted by molar-refractivity contribution is -0.123. The minimum atomic E-state index is -3.61. The average molecular weight is 357 g/mol. The molecule has 1 N–H and O–H groups in total. The van der Waals surface area contributed by atoms with E-state index in [9.17, 15) is 17.6 Å². The molecule has 1 aromatic carbocycles. The van der Waals surface area contributed by atoms with Gasteiger partial charge in [-0.25, -0.2) is 12.8 Å². The lowest BCUT2D eigenvalue weighted by Gasteiger charge is -2.33. The number of nitrogens with zero attached hydrogens (tertiary/aromatic N) is 2. The van der Waals surface area contributed by atoms with E-state index in [0.717, 1.165) is 18.6 Å². The zero-order valence-electron chi connectivity index (χ0n) is 14.0. The molecule has 24 heavy (non-hydrogen) atoms. The quantitative estimate of drug-likeness (QED) is 0.826. The Morgan fingerprint density at radius 2 is 1.79 bits per heavy atom. The summed E-state index contributed by atoms with van der Waals surface area (Å²) in [5.41, 5.74) is 0. The molecule has 1 amide bonds. The minimum absolute atomic E-state index is 0.0424. The van der Waals surface area contributed by atoms with Crippen molar-refractivity contribution in [1.82, 2.24) is 14.5 Å². The first-order valence-corrected chi connectivity index (χ1v) is 9.54. The van der Waals surface area contributed by atoms with Crippen molar-refractivity contribution in [3.8, 4) is 0 Å². The number of sulfonamides is 1. The third-order valence-electron chi connectivity index (χ3n) is 4.17. The van der Waals surface area contributed by atoms with Crippen LogP contribution < -0.4 is 5.32 Å². The number of halogens is 1. The number of piperazine rings is 1. The first-order valence-electron chi connectivity index (χ1n) is 8.10. The molecule has 1 unspecified atom stereocenters. The van der Waals surface area contributed by atoms with Gasteiger partial charge in [0.2, 0.25) is 15.9 Å². The monoisotopic (exact) mass is 357 g/mol. The fourth-order valence-electron chi connectivity index (χ4n) is 2.51. The first kappa shape index (κ1) is 18.8. The molecular formula is C16H24FN3O3S. The summed E-state index contributed by atoms with van der Waals surface area (Å²) < 4.78 is 39.4. The molecule has 2 rings (SSSR count). The second-order valence-corrected chi connectivity index (χ2v) is 7.95. The number of nitrogens with one attached hydrogen (secondary N) is 1. The number of rotatable bonds is 6. The highest BCUT2D eigenvalue weighted by Gasteiger charge is 2.29. The Labute approximate surface area is 142 Å². The third-order valence-corrected chi connectivity index (χ3v) is 6.08. The number of carbonyl (C=O) groups excluding carboxylic acids is 1. The fraction of sp³-hybridized carbons (Fsp3) is 0.562. The van der Waals surface area contributed by atoms with Gasteiger partial charge in [0, 0.05) is 32.2 Å². The van der Waals surface area contributed by atoms with Crippen LogP contribution in [0.15, 0.2) is 29.2 Å². The standard InChI is InChI=1S/C16H24FN3O3S/c1-3-13(2)18-16(21)12-19-8-10-20(11-9-19)24(22,23)15-6-4-14(17)5-7-15/h4-7,13H,3,8-12H2,1-2H3,(H,18,21). The van der Waals surface area contributed by atoms with Crippen LogP contribution >= 0.6 is 0 Å². The molecule has 1 atom stereocenters. The van der Waals surface area contributed by atoms with E-state index in [1.54, 1.807) is 0 Å². The third kappa shape index (κ3) is 4.75. The van der Waals surface area contributed by atoms with E-state index in [0.29, 0.717) is 26.2 Å². The van der Waals surface area contributed by atoms with Crippen LogP contribution in [0.2, 0.25) is 0 Å². The number of amides is 1. The summed E-state index contributed by atoms with van der Waals surface area (Å²) in [4.78, 5) is 13.9. The molecule has 0 bridgehead atoms. The van der Waals surface area contributed by atoms with Crippen molar-refractivity contribution in [3.05, 3.63) is 30.1 Å². The smallest absolute Gasteiger partial charge is 0.243 e. The van der Waals surface area contributed by atoms with Gasteiger partial charge in [0.1, 0.15) is 5.82 Å². The van der Waals surface area contributed by atoms with Gasteiger partial charge in [-0.15, -0.1) is 0 Å². The van der Waals surface area contributed by atoms with Gasteiger partial charge in [0.15, 0.2) is 0 Å². The van der Waals surface area contributed by atoms with E-state index in [-0.39, 0.29) is 23.4 Å². The first-order chi connectivity index (χ1) is 11.3. The Bertz CT molecular complexity index is 656. The van der Waals surface area contributed by atoms with E-state index in [1.165, 1.54) is 16.4 Å². The van der Waals surface area contributed by atoms with E-state index < -0.39 is 15.8 Å². The maximum absolute atomic E-state index is 13.0. The van der Waals surface area contributed by atoms with E-state index in [1.807, 2.05) is 18.7 Å². The molecule has 1 fully saturated rings. The van der Waals surface area contributed by atoms with Crippen LogP contribution in [0.25, 0.3) is 0 Å². The van der Waals surface area contributed by atoms with Crippen molar-refractivity contribution < 1.29 is 17.6 Å². The molecule has 6 nitrogen and oxygen atoms in total. The molecule has 8 heteroatoms. The Hall–Kier alpha value is -1.51. The van der Waals surface area contributed by atoms with Gasteiger partial charge in [0.25, 0.3) is 0 Å². The summed E-state index contributed by atoms with van der Waals surface area (Å²) >= 11 is 0. The highest BCUT2D eigenvalue weighted by atomic mass is 32.2. The molecule has 0 spiro atoms. The second-order valence-electron chi connectivity index (χ2n) is 6.01. The number of carbonyl (C=O) groups is 1. The highest BCUT2D eigenvalue weighted by molar-refractivity contribution is 7.89. The zero-order chi connectivity index (χ0) is 17.7. The molecule has 1 aliphatic rings. The number of hydrogen-bond acceptors (Lipinski definition) is 4. The molecule has 0 radical (unpaired) electrons. The normalized spacial score (nSPS) is 18.3. The summed E-state index contributed by atoms with van der Waals surface area (Å²) in [6, 6.07) is 4.97. The summed E-state index contributed by atoms with van der Waals surface area (Å²) in [7, 11) is -3.61. The van der Waals surface area contributed by atoms with Crippen molar-refractivity contribution >= 4 is 15.9 Å². The molecule has 1 heterocycles.